The van der Waals surface area contributed by atoms with E-state index in [1.807, 2.05) is 24.3 Å². The first-order chi connectivity index (χ1) is 53.7. The monoisotopic (exact) mass is 1570 g/mol. The van der Waals surface area contributed by atoms with Gasteiger partial charge < -0.3 is 33.8 Å². The molecule has 0 aliphatic rings. The molecule has 5 atom stereocenters. The Bertz CT molecular complexity index is 2850. The number of carbonyl (C=O) groups is 4. The summed E-state index contributed by atoms with van der Waals surface area (Å²) in [6, 6.07) is 0. The van der Waals surface area contributed by atoms with Crippen LogP contribution >= 0.6 is 15.6 Å². The standard InChI is InChI=1S/C91H146O17P2/c1-5-9-13-17-21-25-29-33-37-41-42-46-48-52-56-60-64-68-72-76-89(94)102-82-87(108-91(96)78-74-70-66-62-58-54-50-45-40-36-32-28-24-20-16-12-8-4)84-106-110(99,100)104-80-85(92)79-103-109(97,98)105-83-86(107-90(95)77-73-69-65-61-57-53-49-44-39-35-31-27-23-19-15-11-7-3)81-101-88(93)75-71-67-63-59-55-51-47-43-38-34-30-26-22-18-14-10-6-2/h10-12,14-16,21-28,33-40,42,46-47,50-51,54,59,62-63,66,85-87,92H,5-9,13,17-20,29-32,41,43-45,48-49,52-53,55-58,60-61,64-65,67-84H2,1-4H3,(H,97,98)(H,99,100)/b14-10-,15-11-,16-12-,25-21-,26-22-,27-23-,28-24-,37-33-,38-34-,39-35-,40-36-,46-42-,51-47-,54-50-,63-59-,66-62-. The highest BCUT2D eigenvalue weighted by atomic mass is 31.2. The van der Waals surface area contributed by atoms with Crippen LogP contribution < -0.4 is 0 Å². The molecule has 0 bridgehead atoms. The van der Waals surface area contributed by atoms with E-state index in [9.17, 15) is 43.2 Å². The third kappa shape index (κ3) is 80.0. The zero-order valence-electron chi connectivity index (χ0n) is 68.1. The molecule has 5 unspecified atom stereocenters. The number of ether oxygens (including phenoxy) is 4. The number of hydrogen-bond acceptors (Lipinski definition) is 15. The van der Waals surface area contributed by atoms with Gasteiger partial charge in [-0.3, -0.25) is 37.3 Å². The fourth-order valence-corrected chi connectivity index (χ4v) is 11.9. The van der Waals surface area contributed by atoms with Crippen molar-refractivity contribution in [2.24, 2.45) is 0 Å². The van der Waals surface area contributed by atoms with Gasteiger partial charge in [0.1, 0.15) is 19.3 Å². The molecule has 0 aromatic heterocycles. The molecule has 0 rings (SSSR count). The van der Waals surface area contributed by atoms with Crippen LogP contribution in [0.15, 0.2) is 194 Å². The van der Waals surface area contributed by atoms with Crippen LogP contribution in [0, 0.1) is 0 Å². The second kappa shape index (κ2) is 80.9. The van der Waals surface area contributed by atoms with E-state index in [-0.39, 0.29) is 25.7 Å². The molecular formula is C91H146O17P2. The number of allylic oxidation sites excluding steroid dienone is 32. The van der Waals surface area contributed by atoms with Crippen LogP contribution in [0.3, 0.4) is 0 Å². The molecule has 0 amide bonds. The van der Waals surface area contributed by atoms with Gasteiger partial charge in [-0.25, -0.2) is 9.13 Å². The number of phosphoric ester groups is 2. The maximum atomic E-state index is 13.1. The lowest BCUT2D eigenvalue weighted by Crippen LogP contribution is -2.30. The highest BCUT2D eigenvalue weighted by molar-refractivity contribution is 7.47. The van der Waals surface area contributed by atoms with Crippen molar-refractivity contribution in [1.29, 1.82) is 0 Å². The number of carbonyl (C=O) groups excluding carboxylic acids is 4. The average molecular weight is 1570 g/mol. The summed E-state index contributed by atoms with van der Waals surface area (Å²) in [7, 11) is -10.0. The van der Waals surface area contributed by atoms with E-state index in [2.05, 4.69) is 198 Å². The quantitative estimate of drug-likeness (QED) is 0.0169. The maximum absolute atomic E-state index is 13.1. The van der Waals surface area contributed by atoms with Crippen molar-refractivity contribution in [3.05, 3.63) is 194 Å². The average Bonchev–Trinajstić information content (AvgIpc) is 0.904. The number of unbranched alkanes of at least 4 members (excludes halogenated alkanes) is 18. The topological polar surface area (TPSA) is 237 Å². The van der Waals surface area contributed by atoms with Gasteiger partial charge >= 0.3 is 39.5 Å². The molecule has 110 heavy (non-hydrogen) atoms. The number of aliphatic hydroxyl groups is 1. The van der Waals surface area contributed by atoms with Gasteiger partial charge in [0.05, 0.1) is 26.4 Å². The number of rotatable bonds is 76. The molecule has 622 valence electrons. The fourth-order valence-electron chi connectivity index (χ4n) is 10.3. The largest absolute Gasteiger partial charge is 0.472 e. The van der Waals surface area contributed by atoms with Crippen LogP contribution in [-0.4, -0.2) is 96.7 Å². The van der Waals surface area contributed by atoms with Crippen molar-refractivity contribution in [3.63, 3.8) is 0 Å². The predicted octanol–water partition coefficient (Wildman–Crippen LogP) is 24.9. The third-order valence-corrected chi connectivity index (χ3v) is 18.4. The second-order valence-electron chi connectivity index (χ2n) is 26.9. The van der Waals surface area contributed by atoms with Gasteiger partial charge in [0.25, 0.3) is 0 Å². The van der Waals surface area contributed by atoms with Crippen LogP contribution in [0.4, 0.5) is 0 Å². The molecule has 3 N–H and O–H groups in total. The van der Waals surface area contributed by atoms with E-state index >= 15 is 0 Å². The summed E-state index contributed by atoms with van der Waals surface area (Å²) in [6.45, 7) is 4.34. The van der Waals surface area contributed by atoms with Gasteiger partial charge in [0.2, 0.25) is 0 Å². The van der Waals surface area contributed by atoms with Gasteiger partial charge in [-0.1, -0.05) is 293 Å². The highest BCUT2D eigenvalue weighted by Crippen LogP contribution is 2.45. The minimum Gasteiger partial charge on any atom is -0.462 e. The van der Waals surface area contributed by atoms with Crippen LogP contribution in [-0.2, 0) is 65.4 Å². The minimum atomic E-state index is -5.01. The Hall–Kier alpha value is -6.10. The Morgan fingerprint density at radius 1 is 0.264 bits per heavy atom. The van der Waals surface area contributed by atoms with Crippen molar-refractivity contribution in [2.75, 3.05) is 39.6 Å². The third-order valence-electron chi connectivity index (χ3n) is 16.5. The molecule has 0 heterocycles. The smallest absolute Gasteiger partial charge is 0.462 e. The van der Waals surface area contributed by atoms with Gasteiger partial charge in [-0.05, 0) is 173 Å². The molecule has 0 aromatic rings. The molecule has 0 aliphatic heterocycles. The van der Waals surface area contributed by atoms with Gasteiger partial charge in [-0.15, -0.1) is 0 Å². The Balaban J connectivity index is 5.52. The van der Waals surface area contributed by atoms with Crippen LogP contribution in [0.2, 0.25) is 0 Å². The fraction of sp³-hybridized carbons (Fsp3) is 0.604. The molecule has 0 fully saturated rings. The number of phosphoric acid groups is 2. The van der Waals surface area contributed by atoms with Crippen molar-refractivity contribution >= 4 is 39.5 Å². The number of hydrogen-bond donors (Lipinski definition) is 3. The van der Waals surface area contributed by atoms with Crippen molar-refractivity contribution < 1.29 is 80.2 Å². The Morgan fingerprint density at radius 3 is 0.773 bits per heavy atom. The molecule has 0 saturated carbocycles. The SMILES string of the molecule is CC/C=C\C/C=C\C/C=C\C/C=C\C/C=C\CCCC(=O)OCC(COP(=O)(O)OCC(O)COP(=O)(O)OCC(COC(=O)CCCCCCCC/C=C\C/C=C\C/C=C\CCCCC)OC(=O)CCC/C=C\C/C=C\C/C=C\C/C=C\C/C=C\CC)OC(=O)CCCCCCCCC/C=C\C/C=C\C/C=C\CC. The summed E-state index contributed by atoms with van der Waals surface area (Å²) in [5, 5.41) is 10.7. The van der Waals surface area contributed by atoms with Crippen molar-refractivity contribution in [3.8, 4) is 0 Å². The summed E-state index contributed by atoms with van der Waals surface area (Å²) in [5.74, 6) is -2.35. The van der Waals surface area contributed by atoms with E-state index in [1.54, 1.807) is 0 Å². The summed E-state index contributed by atoms with van der Waals surface area (Å²) in [5.41, 5.74) is 0. The molecule has 0 radical (unpaired) electrons. The van der Waals surface area contributed by atoms with E-state index in [0.29, 0.717) is 38.5 Å². The minimum absolute atomic E-state index is 0.00487. The number of esters is 4. The molecular weight excluding hydrogens is 1430 g/mol. The highest BCUT2D eigenvalue weighted by Gasteiger charge is 2.30. The summed E-state index contributed by atoms with van der Waals surface area (Å²) in [6.07, 6.45) is 99.8. The molecule has 17 nitrogen and oxygen atoms in total. The normalized spacial score (nSPS) is 14.8. The molecule has 0 aliphatic carbocycles. The van der Waals surface area contributed by atoms with Gasteiger partial charge in [0.15, 0.2) is 12.2 Å². The lowest BCUT2D eigenvalue weighted by atomic mass is 10.1. The molecule has 0 aromatic carbocycles. The summed E-state index contributed by atoms with van der Waals surface area (Å²) in [4.78, 5) is 73.2. The van der Waals surface area contributed by atoms with Crippen LogP contribution in [0.1, 0.15) is 297 Å². The lowest BCUT2D eigenvalue weighted by Gasteiger charge is -2.21. The van der Waals surface area contributed by atoms with E-state index < -0.39 is 97.5 Å². The molecule has 0 spiro atoms. The zero-order chi connectivity index (χ0) is 80.3. The van der Waals surface area contributed by atoms with Gasteiger partial charge in [0, 0.05) is 25.7 Å². The van der Waals surface area contributed by atoms with Crippen LogP contribution in [0.5, 0.6) is 0 Å². The summed E-state index contributed by atoms with van der Waals surface area (Å²) < 4.78 is 68.6. The Kier molecular flexibility index (Phi) is 76.4. The first kappa shape index (κ1) is 104. The molecule has 19 heteroatoms. The van der Waals surface area contributed by atoms with E-state index in [0.717, 1.165) is 186 Å². The van der Waals surface area contributed by atoms with E-state index in [4.69, 9.17) is 37.0 Å². The lowest BCUT2D eigenvalue weighted by molar-refractivity contribution is -0.161. The Morgan fingerprint density at radius 2 is 0.482 bits per heavy atom. The second-order valence-corrected chi connectivity index (χ2v) is 29.8. The maximum Gasteiger partial charge on any atom is 0.472 e. The predicted molar refractivity (Wildman–Crippen MR) is 454 cm³/mol. The first-order valence-electron chi connectivity index (χ1n) is 41.7. The summed E-state index contributed by atoms with van der Waals surface area (Å²) >= 11 is 0. The van der Waals surface area contributed by atoms with Crippen LogP contribution in [0.25, 0.3) is 0 Å². The zero-order valence-corrected chi connectivity index (χ0v) is 69.9. The Labute approximate surface area is 666 Å². The number of aliphatic hydroxyl groups excluding tert-OH is 1. The molecule has 0 saturated heterocycles. The van der Waals surface area contributed by atoms with E-state index in [1.165, 1.54) is 19.3 Å². The first-order valence-corrected chi connectivity index (χ1v) is 44.7. The van der Waals surface area contributed by atoms with Gasteiger partial charge in [-0.2, -0.15) is 0 Å². The van der Waals surface area contributed by atoms with Crippen molar-refractivity contribution in [1.82, 2.24) is 0 Å². The van der Waals surface area contributed by atoms with Crippen molar-refractivity contribution in [2.45, 2.75) is 316 Å².